The highest BCUT2D eigenvalue weighted by atomic mass is 32.2. The predicted octanol–water partition coefficient (Wildman–Crippen LogP) is 4.37. The minimum absolute atomic E-state index is 0.166. The van der Waals surface area contributed by atoms with Crippen molar-refractivity contribution in [2.45, 2.75) is 24.8 Å². The van der Waals surface area contributed by atoms with E-state index in [0.29, 0.717) is 42.5 Å². The molecule has 0 spiro atoms. The largest absolute Gasteiger partial charge is 0.497 e. The van der Waals surface area contributed by atoms with Crippen molar-refractivity contribution in [3.63, 3.8) is 0 Å². The molecule has 1 amide bonds. The number of methoxy groups -OCH3 is 3. The normalized spacial score (nSPS) is 11.7. The van der Waals surface area contributed by atoms with E-state index in [1.807, 2.05) is 47.9 Å². The Balaban J connectivity index is 1.84. The maximum Gasteiger partial charge on any atom is 0.249 e. The molecule has 32 heavy (non-hydrogen) atoms. The topological polar surface area (TPSA) is 71.3 Å². The highest BCUT2D eigenvalue weighted by Crippen LogP contribution is 2.35. The first-order valence-corrected chi connectivity index (χ1v) is 12.1. The fraction of sp³-hybridized carbons (Fsp3) is 0.391. The van der Waals surface area contributed by atoms with Crippen molar-refractivity contribution in [3.05, 3.63) is 41.2 Å². The number of thioether (sulfide) groups is 1. The van der Waals surface area contributed by atoms with Gasteiger partial charge in [0.05, 0.1) is 27.9 Å². The lowest BCUT2D eigenvalue weighted by Gasteiger charge is -2.10. The minimum Gasteiger partial charge on any atom is -0.497 e. The number of rotatable bonds is 11. The molecule has 0 radical (unpaired) electrons. The van der Waals surface area contributed by atoms with E-state index in [-0.39, 0.29) is 5.91 Å². The van der Waals surface area contributed by atoms with E-state index in [9.17, 15) is 4.79 Å². The number of hydrogen-bond donors (Lipinski definition) is 0. The van der Waals surface area contributed by atoms with Crippen LogP contribution in [0.1, 0.15) is 13.3 Å². The van der Waals surface area contributed by atoms with Crippen molar-refractivity contribution in [1.82, 2.24) is 4.57 Å². The maximum atomic E-state index is 12.7. The number of fused-ring (bicyclic) bond motifs is 1. The second-order valence-electron chi connectivity index (χ2n) is 6.66. The monoisotopic (exact) mass is 476 g/mol. The van der Waals surface area contributed by atoms with Crippen LogP contribution in [0.2, 0.25) is 0 Å². The van der Waals surface area contributed by atoms with Crippen molar-refractivity contribution in [3.8, 4) is 17.2 Å². The molecule has 0 atom stereocenters. The van der Waals surface area contributed by atoms with Crippen LogP contribution in [0, 0.1) is 0 Å². The molecule has 0 aliphatic heterocycles. The third-order valence-electron chi connectivity index (χ3n) is 4.72. The molecule has 1 heterocycles. The smallest absolute Gasteiger partial charge is 0.249 e. The number of benzene rings is 2. The summed E-state index contributed by atoms with van der Waals surface area (Å²) in [5, 5.41) is 0. The van der Waals surface area contributed by atoms with Crippen LogP contribution in [0.25, 0.3) is 10.2 Å². The van der Waals surface area contributed by atoms with Crippen molar-refractivity contribution in [2.75, 3.05) is 40.3 Å². The van der Waals surface area contributed by atoms with E-state index in [4.69, 9.17) is 18.9 Å². The molecule has 3 rings (SSSR count). The number of nitrogens with zero attached hydrogens (tertiary/aromatic N) is 2. The number of aromatic nitrogens is 1. The molecule has 9 heteroatoms. The van der Waals surface area contributed by atoms with Gasteiger partial charge < -0.3 is 23.5 Å². The van der Waals surface area contributed by atoms with Gasteiger partial charge in [-0.25, -0.2) is 0 Å². The fourth-order valence-electron chi connectivity index (χ4n) is 3.14. The van der Waals surface area contributed by atoms with Crippen LogP contribution in [0.15, 0.2) is 46.3 Å². The van der Waals surface area contributed by atoms with Gasteiger partial charge in [-0.15, -0.1) is 11.8 Å². The average molecular weight is 477 g/mol. The van der Waals surface area contributed by atoms with Crippen molar-refractivity contribution in [2.24, 2.45) is 4.99 Å². The van der Waals surface area contributed by atoms with Crippen LogP contribution >= 0.6 is 23.1 Å². The van der Waals surface area contributed by atoms with Gasteiger partial charge in [0.1, 0.15) is 27.5 Å². The summed E-state index contributed by atoms with van der Waals surface area (Å²) in [6.45, 7) is 3.65. The standard InChI is InChI=1S/C23H28N2O5S2/c1-5-30-14-13-25-21-18(28-3)10-11-19(29-4)22(21)32-23(25)24-20(26)12-15-31-17-8-6-16(27-2)7-9-17/h6-11H,5,12-15H2,1-4H3. The molecule has 0 bridgehead atoms. The van der Waals surface area contributed by atoms with Gasteiger partial charge >= 0.3 is 0 Å². The molecule has 2 aromatic carbocycles. The van der Waals surface area contributed by atoms with Gasteiger partial charge in [-0.3, -0.25) is 4.79 Å². The van der Waals surface area contributed by atoms with Gasteiger partial charge in [-0.05, 0) is 43.3 Å². The van der Waals surface area contributed by atoms with Gasteiger partial charge in [0.2, 0.25) is 5.91 Å². The summed E-state index contributed by atoms with van der Waals surface area (Å²) in [5.41, 5.74) is 0.857. The summed E-state index contributed by atoms with van der Waals surface area (Å²) in [7, 11) is 4.90. The molecule has 172 valence electrons. The molecular weight excluding hydrogens is 448 g/mol. The number of hydrogen-bond acceptors (Lipinski definition) is 7. The van der Waals surface area contributed by atoms with E-state index in [1.165, 1.54) is 11.3 Å². The number of carbonyl (C=O) groups is 1. The zero-order valence-corrected chi connectivity index (χ0v) is 20.4. The molecule has 0 aliphatic carbocycles. The zero-order valence-electron chi connectivity index (χ0n) is 18.8. The van der Waals surface area contributed by atoms with Crippen LogP contribution in [0.4, 0.5) is 0 Å². The predicted molar refractivity (Wildman–Crippen MR) is 128 cm³/mol. The average Bonchev–Trinajstić information content (AvgIpc) is 3.17. The first kappa shape index (κ1) is 24.2. The molecule has 0 N–H and O–H groups in total. The van der Waals surface area contributed by atoms with Gasteiger partial charge in [-0.2, -0.15) is 4.99 Å². The van der Waals surface area contributed by atoms with Crippen molar-refractivity contribution >= 4 is 39.2 Å². The van der Waals surface area contributed by atoms with E-state index >= 15 is 0 Å². The summed E-state index contributed by atoms with van der Waals surface area (Å²) >= 11 is 3.04. The Morgan fingerprint density at radius 2 is 1.75 bits per heavy atom. The fourth-order valence-corrected chi connectivity index (χ4v) is 5.16. The van der Waals surface area contributed by atoms with Crippen molar-refractivity contribution < 1.29 is 23.7 Å². The molecule has 0 aliphatic rings. The van der Waals surface area contributed by atoms with Crippen LogP contribution in [-0.2, 0) is 16.1 Å². The molecule has 3 aromatic rings. The quantitative estimate of drug-likeness (QED) is 0.302. The maximum absolute atomic E-state index is 12.7. The Morgan fingerprint density at radius 3 is 2.41 bits per heavy atom. The second kappa shape index (κ2) is 11.9. The number of amides is 1. The Kier molecular flexibility index (Phi) is 9.01. The van der Waals surface area contributed by atoms with Crippen LogP contribution in [-0.4, -0.2) is 50.8 Å². The molecule has 1 aromatic heterocycles. The first-order chi connectivity index (χ1) is 15.6. The van der Waals surface area contributed by atoms with Gasteiger partial charge in [-0.1, -0.05) is 11.3 Å². The summed E-state index contributed by atoms with van der Waals surface area (Å²) in [6.07, 6.45) is 0.338. The van der Waals surface area contributed by atoms with Gasteiger partial charge in [0, 0.05) is 30.2 Å². The van der Waals surface area contributed by atoms with E-state index < -0.39 is 0 Å². The first-order valence-electron chi connectivity index (χ1n) is 10.3. The van der Waals surface area contributed by atoms with E-state index in [1.54, 1.807) is 33.1 Å². The minimum atomic E-state index is -0.166. The Bertz CT molecular complexity index is 1110. The Labute approximate surface area is 196 Å². The molecule has 0 saturated heterocycles. The third-order valence-corrected chi connectivity index (χ3v) is 6.83. The zero-order chi connectivity index (χ0) is 22.9. The Hall–Kier alpha value is -2.49. The molecule has 0 saturated carbocycles. The lowest BCUT2D eigenvalue weighted by atomic mass is 10.3. The molecule has 0 unspecified atom stereocenters. The number of carbonyl (C=O) groups excluding carboxylic acids is 1. The summed E-state index contributed by atoms with van der Waals surface area (Å²) in [6, 6.07) is 11.5. The lowest BCUT2D eigenvalue weighted by Crippen LogP contribution is -2.20. The summed E-state index contributed by atoms with van der Waals surface area (Å²) in [5.74, 6) is 2.72. The molecule has 0 fully saturated rings. The lowest BCUT2D eigenvalue weighted by molar-refractivity contribution is -0.117. The van der Waals surface area contributed by atoms with Gasteiger partial charge in [0.15, 0.2) is 4.80 Å². The van der Waals surface area contributed by atoms with Gasteiger partial charge in [0.25, 0.3) is 0 Å². The summed E-state index contributed by atoms with van der Waals surface area (Å²) < 4.78 is 24.7. The van der Waals surface area contributed by atoms with Crippen LogP contribution in [0.3, 0.4) is 0 Å². The van der Waals surface area contributed by atoms with E-state index in [0.717, 1.165) is 26.6 Å². The van der Waals surface area contributed by atoms with Crippen LogP contribution in [0.5, 0.6) is 17.2 Å². The van der Waals surface area contributed by atoms with Crippen molar-refractivity contribution in [1.29, 1.82) is 0 Å². The molecule has 7 nitrogen and oxygen atoms in total. The SMILES string of the molecule is CCOCCn1c(=NC(=O)CCSc2ccc(OC)cc2)sc2c(OC)ccc(OC)c21. The van der Waals surface area contributed by atoms with E-state index in [2.05, 4.69) is 4.99 Å². The Morgan fingerprint density at radius 1 is 1.03 bits per heavy atom. The number of thiazole rings is 1. The second-order valence-corrected chi connectivity index (χ2v) is 8.81. The highest BCUT2D eigenvalue weighted by Gasteiger charge is 2.16. The molecular formula is C23H28N2O5S2. The highest BCUT2D eigenvalue weighted by molar-refractivity contribution is 7.99. The summed E-state index contributed by atoms with van der Waals surface area (Å²) in [4.78, 5) is 18.8. The third kappa shape index (κ3) is 5.85. The number of ether oxygens (including phenoxy) is 4. The van der Waals surface area contributed by atoms with Crippen LogP contribution < -0.4 is 19.0 Å².